The summed E-state index contributed by atoms with van der Waals surface area (Å²) in [4.78, 5) is 23.6. The summed E-state index contributed by atoms with van der Waals surface area (Å²) in [5.41, 5.74) is 0. The maximum absolute atomic E-state index is 11.8. The molecule has 5 nitrogen and oxygen atoms in total. The van der Waals surface area contributed by atoms with Crippen molar-refractivity contribution < 1.29 is 19.1 Å². The van der Waals surface area contributed by atoms with Gasteiger partial charge in [0.15, 0.2) is 6.29 Å². The molecule has 2 unspecified atom stereocenters. The third kappa shape index (κ3) is 7.69. The Morgan fingerprint density at radius 2 is 1.79 bits per heavy atom. The van der Waals surface area contributed by atoms with E-state index in [0.717, 1.165) is 0 Å². The maximum atomic E-state index is 11.8. The second kappa shape index (κ2) is 8.01. The average molecular weight is 309 g/mol. The molecule has 1 amide bonds. The minimum Gasteiger partial charge on any atom is -0.435 e. The van der Waals surface area contributed by atoms with Crippen molar-refractivity contribution in [1.82, 2.24) is 5.32 Å². The number of hydrogen-bond donors (Lipinski definition) is 3. The fourth-order valence-electron chi connectivity index (χ4n) is 1.17. The summed E-state index contributed by atoms with van der Waals surface area (Å²) >= 11 is 8.17. The number of thiol groups is 2. The van der Waals surface area contributed by atoms with E-state index >= 15 is 0 Å². The van der Waals surface area contributed by atoms with Gasteiger partial charge in [0.1, 0.15) is 6.04 Å². The molecule has 0 aliphatic carbocycles. The minimum atomic E-state index is -0.873. The standard InChI is InChI=1S/C12H23NO4S2/c1-7(2)16-8(3)17-10(14)9(6-18)13-11(15)12(4,5)19/h7-9,18-19H,6H2,1-5H3,(H,13,15). The maximum Gasteiger partial charge on any atom is 0.331 e. The lowest BCUT2D eigenvalue weighted by atomic mass is 10.2. The first-order valence-electron chi connectivity index (χ1n) is 6.08. The van der Waals surface area contributed by atoms with Gasteiger partial charge in [-0.25, -0.2) is 4.79 Å². The van der Waals surface area contributed by atoms with E-state index in [0.29, 0.717) is 0 Å². The number of esters is 1. The van der Waals surface area contributed by atoms with Crippen LogP contribution >= 0.6 is 25.3 Å². The highest BCUT2D eigenvalue weighted by atomic mass is 32.1. The molecule has 0 aromatic heterocycles. The molecule has 0 aromatic carbocycles. The largest absolute Gasteiger partial charge is 0.435 e. The summed E-state index contributed by atoms with van der Waals surface area (Å²) in [7, 11) is 0. The van der Waals surface area contributed by atoms with Gasteiger partial charge in [-0.1, -0.05) is 0 Å². The van der Waals surface area contributed by atoms with Gasteiger partial charge in [-0.3, -0.25) is 4.79 Å². The Labute approximate surface area is 125 Å². The van der Waals surface area contributed by atoms with Gasteiger partial charge in [-0.2, -0.15) is 25.3 Å². The van der Waals surface area contributed by atoms with Crippen molar-refractivity contribution in [3.63, 3.8) is 0 Å². The Kier molecular flexibility index (Phi) is 7.85. The highest BCUT2D eigenvalue weighted by Crippen LogP contribution is 2.12. The normalized spacial score (nSPS) is 14.9. The monoisotopic (exact) mass is 309 g/mol. The van der Waals surface area contributed by atoms with Gasteiger partial charge in [-0.05, 0) is 34.6 Å². The number of amides is 1. The molecule has 19 heavy (non-hydrogen) atoms. The number of ether oxygens (including phenoxy) is 2. The molecule has 0 fully saturated rings. The third-order valence-electron chi connectivity index (χ3n) is 2.07. The summed E-state index contributed by atoms with van der Waals surface area (Å²) in [5.74, 6) is -0.790. The zero-order chi connectivity index (χ0) is 15.2. The highest BCUT2D eigenvalue weighted by Gasteiger charge is 2.29. The molecule has 0 aliphatic rings. The molecule has 2 atom stereocenters. The molecule has 0 aliphatic heterocycles. The van der Waals surface area contributed by atoms with Crippen molar-refractivity contribution >= 4 is 37.1 Å². The molecular formula is C12H23NO4S2. The Balaban J connectivity index is 4.45. The van der Waals surface area contributed by atoms with Crippen molar-refractivity contribution in [1.29, 1.82) is 0 Å². The smallest absolute Gasteiger partial charge is 0.331 e. The van der Waals surface area contributed by atoms with Crippen LogP contribution in [-0.2, 0) is 19.1 Å². The van der Waals surface area contributed by atoms with Crippen molar-refractivity contribution in [2.24, 2.45) is 0 Å². The molecule has 0 radical (unpaired) electrons. The fourth-order valence-corrected chi connectivity index (χ4v) is 1.48. The third-order valence-corrected chi connectivity index (χ3v) is 2.64. The van der Waals surface area contributed by atoms with Gasteiger partial charge >= 0.3 is 5.97 Å². The molecule has 112 valence electrons. The number of carbonyl (C=O) groups is 2. The summed E-state index contributed by atoms with van der Waals surface area (Å²) in [6.45, 7) is 8.57. The van der Waals surface area contributed by atoms with Crippen LogP contribution in [0.5, 0.6) is 0 Å². The molecular weight excluding hydrogens is 286 g/mol. The Bertz CT molecular complexity index is 315. The van der Waals surface area contributed by atoms with E-state index < -0.39 is 23.0 Å². The fraction of sp³-hybridized carbons (Fsp3) is 0.833. The second-order valence-electron chi connectivity index (χ2n) is 4.96. The van der Waals surface area contributed by atoms with Crippen LogP contribution in [0.4, 0.5) is 0 Å². The summed E-state index contributed by atoms with van der Waals surface area (Å²) in [6.07, 6.45) is -0.723. The molecule has 7 heteroatoms. The first-order chi connectivity index (χ1) is 8.57. The summed E-state index contributed by atoms with van der Waals surface area (Å²) in [5, 5.41) is 2.54. The lowest BCUT2D eigenvalue weighted by Gasteiger charge is -2.23. The molecule has 0 saturated heterocycles. The lowest BCUT2D eigenvalue weighted by molar-refractivity contribution is -0.183. The van der Waals surface area contributed by atoms with E-state index in [1.807, 2.05) is 13.8 Å². The SMILES string of the molecule is CC(C)OC(C)OC(=O)C(CS)NC(=O)C(C)(C)S. The molecule has 0 aromatic rings. The molecule has 0 rings (SSSR count). The number of hydrogen-bond acceptors (Lipinski definition) is 6. The highest BCUT2D eigenvalue weighted by molar-refractivity contribution is 7.82. The molecule has 0 heterocycles. The molecule has 0 spiro atoms. The summed E-state index contributed by atoms with van der Waals surface area (Å²) < 4.78 is 9.50. The van der Waals surface area contributed by atoms with Crippen molar-refractivity contribution in [2.75, 3.05) is 5.75 Å². The van der Waals surface area contributed by atoms with Crippen LogP contribution in [0.1, 0.15) is 34.6 Å². The first-order valence-corrected chi connectivity index (χ1v) is 7.16. The van der Waals surface area contributed by atoms with Gasteiger partial charge in [0, 0.05) is 5.75 Å². The van der Waals surface area contributed by atoms with Crippen molar-refractivity contribution in [3.05, 3.63) is 0 Å². The van der Waals surface area contributed by atoms with Crippen LogP contribution in [0.15, 0.2) is 0 Å². The van der Waals surface area contributed by atoms with E-state index in [2.05, 4.69) is 30.6 Å². The quantitative estimate of drug-likeness (QED) is 0.378. The lowest BCUT2D eigenvalue weighted by Crippen LogP contribution is -2.49. The Morgan fingerprint density at radius 3 is 2.16 bits per heavy atom. The van der Waals surface area contributed by atoms with Crippen LogP contribution in [0.2, 0.25) is 0 Å². The van der Waals surface area contributed by atoms with Gasteiger partial charge in [0.2, 0.25) is 5.91 Å². The summed E-state index contributed by atoms with van der Waals surface area (Å²) in [6, 6.07) is -0.819. The van der Waals surface area contributed by atoms with Crippen molar-refractivity contribution in [3.8, 4) is 0 Å². The topological polar surface area (TPSA) is 64.6 Å². The molecule has 0 saturated carbocycles. The van der Waals surface area contributed by atoms with E-state index in [1.165, 1.54) is 0 Å². The van der Waals surface area contributed by atoms with E-state index in [4.69, 9.17) is 9.47 Å². The number of carbonyl (C=O) groups excluding carboxylic acids is 2. The van der Waals surface area contributed by atoms with Gasteiger partial charge in [0.25, 0.3) is 0 Å². The van der Waals surface area contributed by atoms with Crippen LogP contribution in [0.3, 0.4) is 0 Å². The first kappa shape index (κ1) is 18.6. The van der Waals surface area contributed by atoms with Crippen LogP contribution < -0.4 is 5.32 Å². The number of rotatable bonds is 7. The molecule has 1 N–H and O–H groups in total. The zero-order valence-electron chi connectivity index (χ0n) is 12.0. The van der Waals surface area contributed by atoms with Crippen LogP contribution in [0.25, 0.3) is 0 Å². The van der Waals surface area contributed by atoms with E-state index in [1.54, 1.807) is 20.8 Å². The van der Waals surface area contributed by atoms with E-state index in [-0.39, 0.29) is 17.8 Å². The second-order valence-corrected chi connectivity index (χ2v) is 6.44. The van der Waals surface area contributed by atoms with Crippen LogP contribution in [0, 0.1) is 0 Å². The zero-order valence-corrected chi connectivity index (χ0v) is 13.8. The Hall–Kier alpha value is -0.400. The van der Waals surface area contributed by atoms with Gasteiger partial charge < -0.3 is 14.8 Å². The average Bonchev–Trinajstić information content (AvgIpc) is 2.22. The number of nitrogens with one attached hydrogen (secondary N) is 1. The van der Waals surface area contributed by atoms with E-state index in [9.17, 15) is 9.59 Å². The Morgan fingerprint density at radius 1 is 1.26 bits per heavy atom. The predicted molar refractivity (Wildman–Crippen MR) is 80.6 cm³/mol. The molecule has 0 bridgehead atoms. The minimum absolute atomic E-state index is 0.0526. The van der Waals surface area contributed by atoms with Crippen LogP contribution in [-0.4, -0.2) is 40.8 Å². The predicted octanol–water partition coefficient (Wildman–Crippen LogP) is 1.42. The van der Waals surface area contributed by atoms with Crippen molar-refractivity contribution in [2.45, 2.75) is 57.8 Å². The van der Waals surface area contributed by atoms with Gasteiger partial charge in [0.05, 0.1) is 10.9 Å². The van der Waals surface area contributed by atoms with Gasteiger partial charge in [-0.15, -0.1) is 0 Å².